The summed E-state index contributed by atoms with van der Waals surface area (Å²) in [5, 5.41) is 11.6. The minimum atomic E-state index is -0.334. The molecule has 0 bridgehead atoms. The Hall–Kier alpha value is -1.30. The van der Waals surface area contributed by atoms with Crippen LogP contribution in [0.15, 0.2) is 18.2 Å². The normalized spacial score (nSPS) is 10.1. The fraction of sp³-hybridized carbons (Fsp3) is 0.364. The number of ether oxygens (including phenoxy) is 2. The summed E-state index contributed by atoms with van der Waals surface area (Å²) in [6.45, 7) is -0.121. The molecular formula is C11H14ClNO4. The van der Waals surface area contributed by atoms with Gasteiger partial charge in [0.25, 0.3) is 0 Å². The molecule has 0 unspecified atom stereocenters. The van der Waals surface area contributed by atoms with Crippen LogP contribution in [-0.2, 0) is 9.53 Å². The number of halogens is 1. The van der Waals surface area contributed by atoms with Gasteiger partial charge in [0, 0.05) is 5.02 Å². The van der Waals surface area contributed by atoms with Gasteiger partial charge in [-0.25, -0.2) is 0 Å². The molecule has 0 atom stereocenters. The number of methoxy groups -OCH3 is 1. The van der Waals surface area contributed by atoms with Crippen LogP contribution < -0.4 is 10.1 Å². The molecule has 1 aromatic rings. The van der Waals surface area contributed by atoms with Gasteiger partial charge in [-0.15, -0.1) is 0 Å². The molecular weight excluding hydrogens is 246 g/mol. The smallest absolute Gasteiger partial charge is 0.250 e. The third-order valence-corrected chi connectivity index (χ3v) is 2.14. The lowest BCUT2D eigenvalue weighted by Gasteiger charge is -2.10. The van der Waals surface area contributed by atoms with Crippen molar-refractivity contribution in [3.05, 3.63) is 23.2 Å². The number of hydrogen-bond donors (Lipinski definition) is 2. The molecule has 0 heterocycles. The number of amides is 1. The van der Waals surface area contributed by atoms with E-state index >= 15 is 0 Å². The maximum absolute atomic E-state index is 11.5. The Morgan fingerprint density at radius 3 is 2.94 bits per heavy atom. The van der Waals surface area contributed by atoms with Gasteiger partial charge in [-0.3, -0.25) is 4.79 Å². The summed E-state index contributed by atoms with van der Waals surface area (Å²) in [5.74, 6) is 0.184. The number of anilines is 1. The fourth-order valence-corrected chi connectivity index (χ4v) is 1.37. The number of aliphatic hydroxyl groups excluding tert-OH is 1. The Kier molecular flexibility index (Phi) is 5.76. The van der Waals surface area contributed by atoms with Crippen LogP contribution in [0.3, 0.4) is 0 Å². The van der Waals surface area contributed by atoms with E-state index in [1.807, 2.05) is 0 Å². The van der Waals surface area contributed by atoms with Crippen molar-refractivity contribution in [2.45, 2.75) is 0 Å². The summed E-state index contributed by atoms with van der Waals surface area (Å²) in [6, 6.07) is 4.91. The number of carbonyl (C=O) groups excluding carboxylic acids is 1. The minimum Gasteiger partial charge on any atom is -0.495 e. The predicted octanol–water partition coefficient (Wildman–Crippen LogP) is 1.30. The van der Waals surface area contributed by atoms with Crippen LogP contribution in [0.5, 0.6) is 5.75 Å². The maximum Gasteiger partial charge on any atom is 0.250 e. The van der Waals surface area contributed by atoms with Gasteiger partial charge in [0.1, 0.15) is 12.4 Å². The summed E-state index contributed by atoms with van der Waals surface area (Å²) in [6.07, 6.45) is 0. The molecule has 0 fully saturated rings. The molecule has 5 nitrogen and oxygen atoms in total. The standard InChI is InChI=1S/C11H14ClNO4/c1-16-10-3-2-8(12)6-9(10)13-11(15)7-17-5-4-14/h2-3,6,14H,4-5,7H2,1H3,(H,13,15). The molecule has 1 aromatic carbocycles. The van der Waals surface area contributed by atoms with Gasteiger partial charge in [-0.05, 0) is 18.2 Å². The third-order valence-electron chi connectivity index (χ3n) is 1.90. The number of carbonyl (C=O) groups is 1. The van der Waals surface area contributed by atoms with E-state index in [1.54, 1.807) is 18.2 Å². The van der Waals surface area contributed by atoms with Crippen molar-refractivity contribution in [1.29, 1.82) is 0 Å². The first-order valence-corrected chi connectivity index (χ1v) is 5.37. The molecule has 94 valence electrons. The van der Waals surface area contributed by atoms with E-state index in [0.29, 0.717) is 16.5 Å². The fourth-order valence-electron chi connectivity index (χ4n) is 1.19. The summed E-state index contributed by atoms with van der Waals surface area (Å²) < 4.78 is 9.96. The van der Waals surface area contributed by atoms with E-state index in [9.17, 15) is 4.79 Å². The number of hydrogen-bond acceptors (Lipinski definition) is 4. The molecule has 0 aromatic heterocycles. The largest absolute Gasteiger partial charge is 0.495 e. The molecule has 0 radical (unpaired) electrons. The highest BCUT2D eigenvalue weighted by molar-refractivity contribution is 6.31. The van der Waals surface area contributed by atoms with Crippen molar-refractivity contribution in [2.24, 2.45) is 0 Å². The predicted molar refractivity (Wildman–Crippen MR) is 64.5 cm³/mol. The second kappa shape index (κ2) is 7.11. The second-order valence-electron chi connectivity index (χ2n) is 3.17. The van der Waals surface area contributed by atoms with Crippen molar-refractivity contribution < 1.29 is 19.4 Å². The molecule has 0 spiro atoms. The van der Waals surface area contributed by atoms with Crippen molar-refractivity contribution >= 4 is 23.2 Å². The van der Waals surface area contributed by atoms with Gasteiger partial charge in [0.15, 0.2) is 0 Å². The molecule has 1 rings (SSSR count). The lowest BCUT2D eigenvalue weighted by molar-refractivity contribution is -0.120. The molecule has 17 heavy (non-hydrogen) atoms. The molecule has 0 aliphatic rings. The minimum absolute atomic E-state index is 0.117. The van der Waals surface area contributed by atoms with Crippen LogP contribution in [-0.4, -0.2) is 37.9 Å². The molecule has 2 N–H and O–H groups in total. The van der Waals surface area contributed by atoms with E-state index in [-0.39, 0.29) is 25.7 Å². The Labute approximate surface area is 104 Å². The van der Waals surface area contributed by atoms with E-state index in [2.05, 4.69) is 5.32 Å². The zero-order valence-corrected chi connectivity index (χ0v) is 10.2. The molecule has 6 heteroatoms. The highest BCUT2D eigenvalue weighted by Gasteiger charge is 2.08. The Bertz CT molecular complexity index is 384. The lowest BCUT2D eigenvalue weighted by atomic mass is 10.3. The average molecular weight is 260 g/mol. The Morgan fingerprint density at radius 1 is 1.53 bits per heavy atom. The van der Waals surface area contributed by atoms with Crippen LogP contribution in [0, 0.1) is 0 Å². The number of nitrogens with one attached hydrogen (secondary N) is 1. The summed E-state index contributed by atoms with van der Waals surface area (Å²) >= 11 is 5.81. The van der Waals surface area contributed by atoms with Gasteiger partial charge in [0.2, 0.25) is 5.91 Å². The number of rotatable bonds is 6. The monoisotopic (exact) mass is 259 g/mol. The molecule has 0 saturated heterocycles. The van der Waals surface area contributed by atoms with Crippen molar-refractivity contribution in [3.63, 3.8) is 0 Å². The Morgan fingerprint density at radius 2 is 2.29 bits per heavy atom. The first-order chi connectivity index (χ1) is 8.17. The van der Waals surface area contributed by atoms with Crippen LogP contribution >= 0.6 is 11.6 Å². The van der Waals surface area contributed by atoms with Crippen LogP contribution in [0.2, 0.25) is 5.02 Å². The maximum atomic E-state index is 11.5. The van der Waals surface area contributed by atoms with E-state index < -0.39 is 0 Å². The van der Waals surface area contributed by atoms with Crippen LogP contribution in [0.25, 0.3) is 0 Å². The summed E-state index contributed by atoms with van der Waals surface area (Å²) in [7, 11) is 1.50. The van der Waals surface area contributed by atoms with E-state index in [4.69, 9.17) is 26.2 Å². The average Bonchev–Trinajstić information content (AvgIpc) is 2.29. The Balaban J connectivity index is 2.60. The number of benzene rings is 1. The van der Waals surface area contributed by atoms with Gasteiger partial charge < -0.3 is 19.9 Å². The van der Waals surface area contributed by atoms with Crippen LogP contribution in [0.1, 0.15) is 0 Å². The van der Waals surface area contributed by atoms with Crippen molar-refractivity contribution in [1.82, 2.24) is 0 Å². The summed E-state index contributed by atoms with van der Waals surface area (Å²) in [4.78, 5) is 11.5. The highest BCUT2D eigenvalue weighted by Crippen LogP contribution is 2.27. The van der Waals surface area contributed by atoms with Crippen molar-refractivity contribution in [3.8, 4) is 5.75 Å². The molecule has 0 aliphatic heterocycles. The SMILES string of the molecule is COc1ccc(Cl)cc1NC(=O)COCCO. The van der Waals surface area contributed by atoms with E-state index in [1.165, 1.54) is 7.11 Å². The zero-order chi connectivity index (χ0) is 12.7. The first-order valence-electron chi connectivity index (χ1n) is 4.99. The topological polar surface area (TPSA) is 67.8 Å². The highest BCUT2D eigenvalue weighted by atomic mass is 35.5. The third kappa shape index (κ3) is 4.60. The second-order valence-corrected chi connectivity index (χ2v) is 3.61. The number of aliphatic hydroxyl groups is 1. The van der Waals surface area contributed by atoms with Gasteiger partial charge in [-0.1, -0.05) is 11.6 Å². The first kappa shape index (κ1) is 13.8. The molecule has 0 aliphatic carbocycles. The van der Waals surface area contributed by atoms with E-state index in [0.717, 1.165) is 0 Å². The quantitative estimate of drug-likeness (QED) is 0.756. The van der Waals surface area contributed by atoms with Gasteiger partial charge in [-0.2, -0.15) is 0 Å². The molecule has 0 saturated carbocycles. The van der Waals surface area contributed by atoms with Gasteiger partial charge >= 0.3 is 0 Å². The lowest BCUT2D eigenvalue weighted by Crippen LogP contribution is -2.19. The summed E-state index contributed by atoms with van der Waals surface area (Å²) in [5.41, 5.74) is 0.484. The van der Waals surface area contributed by atoms with Gasteiger partial charge in [0.05, 0.1) is 26.0 Å². The van der Waals surface area contributed by atoms with Crippen molar-refractivity contribution in [2.75, 3.05) is 32.2 Å². The zero-order valence-electron chi connectivity index (χ0n) is 9.40. The van der Waals surface area contributed by atoms with Crippen LogP contribution in [0.4, 0.5) is 5.69 Å². The molecule has 1 amide bonds.